The van der Waals surface area contributed by atoms with Crippen molar-refractivity contribution >= 4 is 22.8 Å². The fourth-order valence-electron chi connectivity index (χ4n) is 5.83. The molecule has 1 aromatic carbocycles. The number of piperazine rings is 1. The smallest absolute Gasteiger partial charge is 0.355 e. The van der Waals surface area contributed by atoms with E-state index in [1.165, 1.54) is 18.3 Å². The Bertz CT molecular complexity index is 1940. The first kappa shape index (κ1) is 31.1. The summed E-state index contributed by atoms with van der Waals surface area (Å²) in [6.45, 7) is 6.90. The topological polar surface area (TPSA) is 93.5 Å². The molecule has 0 atom stereocenters. The second kappa shape index (κ2) is 11.8. The van der Waals surface area contributed by atoms with Crippen molar-refractivity contribution in [2.45, 2.75) is 38.5 Å². The van der Waals surface area contributed by atoms with Crippen LogP contribution in [0.15, 0.2) is 47.9 Å². The van der Waals surface area contributed by atoms with Crippen molar-refractivity contribution in [3.8, 4) is 22.7 Å². The van der Waals surface area contributed by atoms with Crippen molar-refractivity contribution in [2.24, 2.45) is 0 Å². The molecule has 9 nitrogen and oxygen atoms in total. The van der Waals surface area contributed by atoms with Crippen LogP contribution >= 0.6 is 0 Å². The number of carbonyl (C=O) groups excluding carboxylic acids is 1. The summed E-state index contributed by atoms with van der Waals surface area (Å²) in [7, 11) is 0. The number of aromatic nitrogens is 4. The number of ether oxygens (including phenoxy) is 1. The number of carbonyl (C=O) groups is 1. The molecule has 0 spiro atoms. The summed E-state index contributed by atoms with van der Waals surface area (Å²) < 4.78 is 82.8. The Hall–Kier alpha value is -4.88. The number of nitrogens with zero attached hydrogens (tertiary/aromatic N) is 6. The lowest BCUT2D eigenvalue weighted by Crippen LogP contribution is -2.49. The van der Waals surface area contributed by atoms with Gasteiger partial charge in [0.1, 0.15) is 17.3 Å². The Morgan fingerprint density at radius 3 is 2.50 bits per heavy atom. The Kier molecular flexibility index (Phi) is 7.99. The van der Waals surface area contributed by atoms with E-state index in [1.807, 2.05) is 0 Å². The maximum atomic E-state index is 16.1. The van der Waals surface area contributed by atoms with Gasteiger partial charge in [-0.15, -0.1) is 0 Å². The highest BCUT2D eigenvalue weighted by Crippen LogP contribution is 2.39. The number of benzene rings is 1. The summed E-state index contributed by atoms with van der Waals surface area (Å²) in [6.07, 6.45) is 1.70. The zero-order valence-corrected chi connectivity index (χ0v) is 25.0. The number of alkyl halides is 2. The maximum absolute atomic E-state index is 16.1. The first-order chi connectivity index (χ1) is 21.9. The molecule has 0 saturated carbocycles. The molecule has 5 heterocycles. The lowest BCUT2D eigenvalue weighted by Gasteiger charge is -2.35. The Morgan fingerprint density at radius 1 is 1.07 bits per heavy atom. The average molecular weight is 641 g/mol. The largest absolute Gasteiger partial charge is 0.486 e. The van der Waals surface area contributed by atoms with Gasteiger partial charge < -0.3 is 14.5 Å². The van der Waals surface area contributed by atoms with Crippen LogP contribution in [0.25, 0.3) is 28.0 Å². The van der Waals surface area contributed by atoms with Crippen LogP contribution in [0.3, 0.4) is 0 Å². The molecule has 0 radical (unpaired) electrons. The van der Waals surface area contributed by atoms with Crippen molar-refractivity contribution in [2.75, 3.05) is 37.7 Å². The second-order valence-corrected chi connectivity index (χ2v) is 11.5. The lowest BCUT2D eigenvalue weighted by atomic mass is 9.99. The quantitative estimate of drug-likeness (QED) is 0.225. The van der Waals surface area contributed by atoms with Gasteiger partial charge in [0.05, 0.1) is 22.3 Å². The summed E-state index contributed by atoms with van der Waals surface area (Å²) in [5.74, 6) is -8.58. The lowest BCUT2D eigenvalue weighted by molar-refractivity contribution is -0.126. The normalized spacial score (nSPS) is 16.3. The number of fused-ring (bicyclic) bond motifs is 5. The molecule has 240 valence electrons. The number of amides is 1. The van der Waals surface area contributed by atoms with Gasteiger partial charge in [-0.2, -0.15) is 4.98 Å². The van der Waals surface area contributed by atoms with E-state index in [0.717, 1.165) is 16.7 Å². The fraction of sp³-hybridized carbons (Fsp3) is 0.344. The van der Waals surface area contributed by atoms with Crippen LogP contribution in [-0.4, -0.2) is 69.0 Å². The van der Waals surface area contributed by atoms with Gasteiger partial charge in [-0.1, -0.05) is 20.4 Å². The van der Waals surface area contributed by atoms with E-state index in [-0.39, 0.29) is 67.0 Å². The molecule has 14 heteroatoms. The van der Waals surface area contributed by atoms with Gasteiger partial charge >= 0.3 is 5.69 Å². The van der Waals surface area contributed by atoms with E-state index in [9.17, 15) is 14.0 Å². The molecule has 1 amide bonds. The zero-order valence-electron chi connectivity index (χ0n) is 25.0. The van der Waals surface area contributed by atoms with Crippen LogP contribution in [0.4, 0.5) is 27.8 Å². The van der Waals surface area contributed by atoms with Crippen LogP contribution < -0.4 is 15.3 Å². The minimum absolute atomic E-state index is 0.0494. The molecule has 0 unspecified atom stereocenters. The Morgan fingerprint density at radius 2 is 1.80 bits per heavy atom. The van der Waals surface area contributed by atoms with Crippen molar-refractivity contribution in [3.05, 3.63) is 82.3 Å². The third kappa shape index (κ3) is 5.45. The van der Waals surface area contributed by atoms with Gasteiger partial charge in [0, 0.05) is 38.8 Å². The molecule has 3 aromatic heterocycles. The van der Waals surface area contributed by atoms with Gasteiger partial charge in [0.2, 0.25) is 5.91 Å². The van der Waals surface area contributed by atoms with Gasteiger partial charge in [-0.25, -0.2) is 36.3 Å². The Labute approximate surface area is 260 Å². The van der Waals surface area contributed by atoms with Gasteiger partial charge in [-0.3, -0.25) is 9.78 Å². The third-order valence-electron chi connectivity index (χ3n) is 8.17. The number of rotatable bonds is 3. The van der Waals surface area contributed by atoms with E-state index in [2.05, 4.69) is 21.5 Å². The highest BCUT2D eigenvalue weighted by molar-refractivity contribution is 5.91. The summed E-state index contributed by atoms with van der Waals surface area (Å²) in [5.41, 5.74) is -1.75. The summed E-state index contributed by atoms with van der Waals surface area (Å²) in [6, 6.07) is 4.13. The average Bonchev–Trinajstić information content (AvgIpc) is 3.04. The first-order valence-corrected chi connectivity index (χ1v) is 14.7. The molecular formula is C32H29F5N6O3. The number of hydrogen-bond donors (Lipinski definition) is 0. The zero-order chi connectivity index (χ0) is 32.9. The predicted octanol–water partition coefficient (Wildman–Crippen LogP) is 5.18. The number of halogens is 5. The fourth-order valence-corrected chi connectivity index (χ4v) is 5.83. The molecule has 1 saturated heterocycles. The highest BCUT2D eigenvalue weighted by Gasteiger charge is 2.34. The van der Waals surface area contributed by atoms with Crippen molar-refractivity contribution < 1.29 is 31.5 Å². The van der Waals surface area contributed by atoms with E-state index in [4.69, 9.17) is 4.74 Å². The molecule has 2 aliphatic heterocycles. The van der Waals surface area contributed by atoms with Crippen molar-refractivity contribution in [1.29, 1.82) is 0 Å². The maximum Gasteiger partial charge on any atom is 0.355 e. The van der Waals surface area contributed by atoms with Crippen LogP contribution in [0.2, 0.25) is 0 Å². The Balaban J connectivity index is 1.69. The number of hydrogen-bond acceptors (Lipinski definition) is 7. The molecule has 6 rings (SSSR count). The standard InChI is InChI=1S/C32H29F5N6O3/c1-4-23(44)41-11-13-42(14-12-41)29-19-15-21(34)27-24-22(6-5-20(33)25(24)35)46-16-32(36,37)9-7-18-8-10-38-26(17(2)3)28(18)43(30(19)39-27)31(45)40-29/h4-6,8,10,15,17H,1,7,9,11-14,16H2,2-3H3. The number of pyridine rings is 2. The molecule has 4 aromatic rings. The molecule has 0 N–H and O–H groups in total. The van der Waals surface area contributed by atoms with Crippen LogP contribution in [0, 0.1) is 17.5 Å². The minimum Gasteiger partial charge on any atom is -0.486 e. The van der Waals surface area contributed by atoms with Gasteiger partial charge in [0.15, 0.2) is 29.7 Å². The second-order valence-electron chi connectivity index (χ2n) is 11.5. The van der Waals surface area contributed by atoms with Crippen LogP contribution in [0.5, 0.6) is 5.75 Å². The molecule has 2 aliphatic rings. The summed E-state index contributed by atoms with van der Waals surface area (Å²) in [4.78, 5) is 42.6. The van der Waals surface area contributed by atoms with Crippen molar-refractivity contribution in [1.82, 2.24) is 24.4 Å². The van der Waals surface area contributed by atoms with E-state index >= 15 is 17.6 Å². The minimum atomic E-state index is -3.45. The van der Waals surface area contributed by atoms with Crippen LogP contribution in [0.1, 0.15) is 37.4 Å². The molecule has 2 bridgehead atoms. The molecular weight excluding hydrogens is 611 g/mol. The SMILES string of the molecule is C=CC(=O)N1CCN(c2nc(=O)n3c4nc(c(F)cc24)-c2c(ccc(F)c2F)OCC(F)(F)CCc2ccnc(C(C)C)c2-3)CC1. The van der Waals surface area contributed by atoms with E-state index in [1.54, 1.807) is 23.6 Å². The van der Waals surface area contributed by atoms with Gasteiger partial charge in [0.25, 0.3) is 5.92 Å². The third-order valence-corrected chi connectivity index (χ3v) is 8.17. The number of anilines is 1. The van der Waals surface area contributed by atoms with E-state index < -0.39 is 59.1 Å². The highest BCUT2D eigenvalue weighted by atomic mass is 19.3. The summed E-state index contributed by atoms with van der Waals surface area (Å²) >= 11 is 0. The monoisotopic (exact) mass is 640 g/mol. The predicted molar refractivity (Wildman–Crippen MR) is 160 cm³/mol. The molecule has 46 heavy (non-hydrogen) atoms. The molecule has 0 aliphatic carbocycles. The first-order valence-electron chi connectivity index (χ1n) is 14.7. The summed E-state index contributed by atoms with van der Waals surface area (Å²) in [5, 5.41) is 0.0494. The number of aryl methyl sites for hydroxylation is 1. The van der Waals surface area contributed by atoms with Crippen molar-refractivity contribution in [3.63, 3.8) is 0 Å². The van der Waals surface area contributed by atoms with E-state index in [0.29, 0.717) is 17.3 Å². The van der Waals surface area contributed by atoms with Crippen LogP contribution in [-0.2, 0) is 11.2 Å². The van der Waals surface area contributed by atoms with Gasteiger partial charge in [-0.05, 0) is 48.2 Å². The molecule has 1 fully saturated rings.